The molecule has 3 aromatic rings. The van der Waals surface area contributed by atoms with Gasteiger partial charge in [-0.3, -0.25) is 14.5 Å². The van der Waals surface area contributed by atoms with Gasteiger partial charge in [-0.1, -0.05) is 47.6 Å². The van der Waals surface area contributed by atoms with Gasteiger partial charge in [0.2, 0.25) is 21.8 Å². The molecule has 0 fully saturated rings. The Kier molecular flexibility index (Phi) is 6.88. The molecule has 0 saturated carbocycles. The monoisotopic (exact) mass is 575 g/mol. The summed E-state index contributed by atoms with van der Waals surface area (Å²) < 4.78 is 34.8. The third-order valence-electron chi connectivity index (χ3n) is 7.80. The number of amides is 2. The fourth-order valence-corrected chi connectivity index (χ4v) is 6.97. The molecule has 12 heteroatoms. The molecule has 6 rings (SSSR count). The van der Waals surface area contributed by atoms with Crippen molar-refractivity contribution >= 4 is 33.4 Å². The second-order valence-electron chi connectivity index (χ2n) is 10.3. The minimum absolute atomic E-state index is 0.0184. The standard InChI is InChI=1S/C29H29N5O6S/c30-27(32-37)19-6-4-17(5-7-19)16-31-28(35)24-15-21-3-1-2-18-8-10-23(29(36)34(24)26(18)21)33-41(38,39)22-9-11-25-20(14-22)12-13-40-25/h1-7,9,11,14,23-24,33,37H,8,10,12-13,15-16H2,(H2,30,32)(H,31,35)/t23-,24-/m0/s1. The summed E-state index contributed by atoms with van der Waals surface area (Å²) in [5, 5.41) is 14.7. The molecule has 2 amide bonds. The van der Waals surface area contributed by atoms with E-state index in [4.69, 9.17) is 15.7 Å². The molecule has 0 aromatic heterocycles. The van der Waals surface area contributed by atoms with E-state index in [-0.39, 0.29) is 29.6 Å². The molecule has 3 aliphatic rings. The lowest BCUT2D eigenvalue weighted by atomic mass is 10.0. The average molecular weight is 576 g/mol. The number of oxime groups is 1. The maximum absolute atomic E-state index is 13.9. The Hall–Kier alpha value is -4.42. The fraction of sp³-hybridized carbons (Fsp3) is 0.276. The van der Waals surface area contributed by atoms with Gasteiger partial charge in [0.05, 0.1) is 17.2 Å². The van der Waals surface area contributed by atoms with E-state index >= 15 is 0 Å². The fourth-order valence-electron chi connectivity index (χ4n) is 5.69. The maximum atomic E-state index is 13.9. The number of fused-ring (bicyclic) bond motifs is 1. The second kappa shape index (κ2) is 10.5. The molecule has 0 bridgehead atoms. The van der Waals surface area contributed by atoms with Gasteiger partial charge in [-0.15, -0.1) is 0 Å². The van der Waals surface area contributed by atoms with Crippen LogP contribution in [0.3, 0.4) is 0 Å². The van der Waals surface area contributed by atoms with Gasteiger partial charge in [0.25, 0.3) is 0 Å². The molecular formula is C29H29N5O6S. The molecule has 0 aliphatic carbocycles. The number of sulfonamides is 1. The van der Waals surface area contributed by atoms with E-state index in [0.29, 0.717) is 42.9 Å². The van der Waals surface area contributed by atoms with Crippen LogP contribution in [0.5, 0.6) is 5.75 Å². The van der Waals surface area contributed by atoms with Crippen LogP contribution >= 0.6 is 0 Å². The minimum atomic E-state index is -4.01. The first kappa shape index (κ1) is 26.8. The number of rotatable bonds is 7. The Labute approximate surface area is 237 Å². The van der Waals surface area contributed by atoms with Crippen LogP contribution in [0.2, 0.25) is 0 Å². The van der Waals surface area contributed by atoms with Gasteiger partial charge in [-0.25, -0.2) is 8.42 Å². The summed E-state index contributed by atoms with van der Waals surface area (Å²) in [5.74, 6) is -0.147. The SMILES string of the molecule is NC(=NO)c1ccc(CNC(=O)[C@@H]2Cc3cccc4c3N2C(=O)[C@@H](NS(=O)(=O)c2ccc3c(c2)CCO3)CC4)cc1. The summed E-state index contributed by atoms with van der Waals surface area (Å²) in [4.78, 5) is 29.0. The lowest BCUT2D eigenvalue weighted by Crippen LogP contribution is -2.54. The van der Waals surface area contributed by atoms with E-state index in [0.717, 1.165) is 22.3 Å². The van der Waals surface area contributed by atoms with Crippen molar-refractivity contribution in [2.24, 2.45) is 10.9 Å². The van der Waals surface area contributed by atoms with Gasteiger partial charge < -0.3 is 21.0 Å². The topological polar surface area (TPSA) is 163 Å². The Morgan fingerprint density at radius 1 is 1.07 bits per heavy atom. The number of ether oxygens (including phenoxy) is 1. The zero-order valence-corrected chi connectivity index (χ0v) is 22.9. The van der Waals surface area contributed by atoms with Crippen LogP contribution in [0.25, 0.3) is 0 Å². The van der Waals surface area contributed by atoms with Crippen LogP contribution in [-0.4, -0.2) is 50.0 Å². The van der Waals surface area contributed by atoms with E-state index in [9.17, 15) is 18.0 Å². The Morgan fingerprint density at radius 3 is 2.63 bits per heavy atom. The highest BCUT2D eigenvalue weighted by atomic mass is 32.2. The van der Waals surface area contributed by atoms with Crippen molar-refractivity contribution in [3.63, 3.8) is 0 Å². The number of para-hydroxylation sites is 1. The summed E-state index contributed by atoms with van der Waals surface area (Å²) in [7, 11) is -4.01. The van der Waals surface area contributed by atoms with Gasteiger partial charge in [-0.05, 0) is 53.3 Å². The number of amidine groups is 1. The van der Waals surface area contributed by atoms with E-state index in [1.807, 2.05) is 18.2 Å². The smallest absolute Gasteiger partial charge is 0.245 e. The molecule has 3 aromatic carbocycles. The van der Waals surface area contributed by atoms with E-state index in [2.05, 4.69) is 15.2 Å². The molecule has 41 heavy (non-hydrogen) atoms. The molecule has 0 unspecified atom stereocenters. The highest BCUT2D eigenvalue weighted by Gasteiger charge is 2.44. The summed E-state index contributed by atoms with van der Waals surface area (Å²) in [6.45, 7) is 0.708. The normalized spacial score (nSPS) is 19.8. The zero-order chi connectivity index (χ0) is 28.7. The molecule has 3 heterocycles. The van der Waals surface area contributed by atoms with Crippen molar-refractivity contribution in [1.82, 2.24) is 10.0 Å². The number of hydrogen-bond acceptors (Lipinski definition) is 7. The van der Waals surface area contributed by atoms with Crippen molar-refractivity contribution in [2.75, 3.05) is 11.5 Å². The molecule has 0 saturated heterocycles. The number of nitrogens with two attached hydrogens (primary N) is 1. The molecule has 212 valence electrons. The Morgan fingerprint density at radius 2 is 1.85 bits per heavy atom. The number of anilines is 1. The number of aryl methyl sites for hydroxylation is 1. The van der Waals surface area contributed by atoms with Gasteiger partial charge in [0, 0.05) is 24.9 Å². The van der Waals surface area contributed by atoms with Gasteiger partial charge in [0.1, 0.15) is 17.8 Å². The van der Waals surface area contributed by atoms with Crippen LogP contribution in [-0.2, 0) is 45.4 Å². The maximum Gasteiger partial charge on any atom is 0.245 e. The van der Waals surface area contributed by atoms with Crippen molar-refractivity contribution in [3.8, 4) is 5.75 Å². The minimum Gasteiger partial charge on any atom is -0.493 e. The molecule has 5 N–H and O–H groups in total. The number of hydrogen-bond donors (Lipinski definition) is 4. The van der Waals surface area contributed by atoms with Gasteiger partial charge in [0.15, 0.2) is 5.84 Å². The zero-order valence-electron chi connectivity index (χ0n) is 22.0. The number of carbonyl (C=O) groups excluding carboxylic acids is 2. The van der Waals surface area contributed by atoms with Crippen LogP contribution in [0.4, 0.5) is 5.69 Å². The van der Waals surface area contributed by atoms with Gasteiger partial charge >= 0.3 is 0 Å². The van der Waals surface area contributed by atoms with E-state index < -0.39 is 28.0 Å². The number of nitrogens with zero attached hydrogens (tertiary/aromatic N) is 2. The van der Waals surface area contributed by atoms with Crippen LogP contribution in [0.15, 0.2) is 70.7 Å². The first-order valence-corrected chi connectivity index (χ1v) is 14.8. The molecule has 3 aliphatic heterocycles. The van der Waals surface area contributed by atoms with Crippen LogP contribution in [0, 0.1) is 0 Å². The van der Waals surface area contributed by atoms with Crippen molar-refractivity contribution in [3.05, 3.63) is 88.5 Å². The predicted molar refractivity (Wildman–Crippen MR) is 150 cm³/mol. The summed E-state index contributed by atoms with van der Waals surface area (Å²) in [6.07, 6.45) is 1.70. The molecule has 0 radical (unpaired) electrons. The largest absolute Gasteiger partial charge is 0.493 e. The second-order valence-corrected chi connectivity index (χ2v) is 12.0. The molecule has 2 atom stereocenters. The summed E-state index contributed by atoms with van der Waals surface area (Å²) >= 11 is 0. The summed E-state index contributed by atoms with van der Waals surface area (Å²) in [6, 6.07) is 15.4. The molecule has 11 nitrogen and oxygen atoms in total. The third-order valence-corrected chi connectivity index (χ3v) is 9.27. The lowest BCUT2D eigenvalue weighted by molar-refractivity contribution is -0.126. The van der Waals surface area contributed by atoms with Gasteiger partial charge in [-0.2, -0.15) is 4.72 Å². The van der Waals surface area contributed by atoms with Crippen molar-refractivity contribution < 1.29 is 28.0 Å². The Balaban J connectivity index is 1.22. The van der Waals surface area contributed by atoms with Crippen LogP contribution in [0.1, 0.15) is 34.2 Å². The first-order valence-electron chi connectivity index (χ1n) is 13.3. The highest BCUT2D eigenvalue weighted by molar-refractivity contribution is 7.89. The van der Waals surface area contributed by atoms with E-state index in [1.54, 1.807) is 36.4 Å². The number of nitrogens with one attached hydrogen (secondary N) is 2. The number of benzene rings is 3. The summed E-state index contributed by atoms with van der Waals surface area (Å²) in [5.41, 5.74) is 10.2. The molecule has 0 spiro atoms. The highest BCUT2D eigenvalue weighted by Crippen LogP contribution is 2.39. The predicted octanol–water partition coefficient (Wildman–Crippen LogP) is 1.58. The third kappa shape index (κ3) is 5.00. The van der Waals surface area contributed by atoms with Crippen molar-refractivity contribution in [2.45, 2.75) is 49.2 Å². The molecular weight excluding hydrogens is 546 g/mol. The Bertz CT molecular complexity index is 1670. The van der Waals surface area contributed by atoms with E-state index in [1.165, 1.54) is 11.0 Å². The van der Waals surface area contributed by atoms with Crippen molar-refractivity contribution in [1.29, 1.82) is 0 Å². The quantitative estimate of drug-likeness (QED) is 0.144. The number of carbonyl (C=O) groups is 2. The lowest BCUT2D eigenvalue weighted by Gasteiger charge is -2.28. The van der Waals surface area contributed by atoms with Crippen LogP contribution < -0.4 is 25.4 Å². The first-order chi connectivity index (χ1) is 19.7. The average Bonchev–Trinajstić information content (AvgIpc) is 3.59.